The first kappa shape index (κ1) is 13.6. The summed E-state index contributed by atoms with van der Waals surface area (Å²) in [4.78, 5) is 10.3. The number of hydrogen-bond donors (Lipinski definition) is 2. The lowest BCUT2D eigenvalue weighted by molar-refractivity contribution is 0.0698. The topological polar surface area (TPSA) is 107 Å². The molecule has 0 bridgehead atoms. The molecule has 8 heteroatoms. The van der Waals surface area contributed by atoms with Gasteiger partial charge in [-0.15, -0.1) is 11.3 Å². The molecule has 0 saturated heterocycles. The summed E-state index contributed by atoms with van der Waals surface area (Å²) in [6.45, 7) is 1.52. The van der Waals surface area contributed by atoms with E-state index in [9.17, 15) is 13.2 Å². The van der Waals surface area contributed by atoms with E-state index in [1.165, 1.54) is 11.4 Å². The van der Waals surface area contributed by atoms with Gasteiger partial charge in [0.05, 0.1) is 12.0 Å². The summed E-state index contributed by atoms with van der Waals surface area (Å²) in [6, 6.07) is 3.11. The SMILES string of the molecule is CC(C#N)CNS(=O)(=O)c1ccsc1C(=O)O. The molecule has 1 unspecified atom stereocenters. The van der Waals surface area contributed by atoms with Gasteiger partial charge in [-0.05, 0) is 18.4 Å². The number of carbonyl (C=O) groups is 1. The molecular weight excluding hydrogens is 264 g/mol. The van der Waals surface area contributed by atoms with Gasteiger partial charge in [-0.1, -0.05) is 0 Å². The third kappa shape index (κ3) is 3.26. The minimum Gasteiger partial charge on any atom is -0.477 e. The number of carboxylic acids is 1. The Kier molecular flexibility index (Phi) is 4.22. The van der Waals surface area contributed by atoms with E-state index in [1.807, 2.05) is 6.07 Å². The maximum atomic E-state index is 11.8. The second-order valence-corrected chi connectivity index (χ2v) is 5.95. The van der Waals surface area contributed by atoms with Gasteiger partial charge >= 0.3 is 5.97 Å². The van der Waals surface area contributed by atoms with Crippen LogP contribution in [-0.4, -0.2) is 26.0 Å². The van der Waals surface area contributed by atoms with Crippen LogP contribution in [0.3, 0.4) is 0 Å². The molecule has 1 aromatic heterocycles. The summed E-state index contributed by atoms with van der Waals surface area (Å²) >= 11 is 0.841. The maximum absolute atomic E-state index is 11.8. The second kappa shape index (κ2) is 5.27. The molecule has 0 fully saturated rings. The summed E-state index contributed by atoms with van der Waals surface area (Å²) in [5.74, 6) is -1.76. The molecule has 0 amide bonds. The zero-order valence-electron chi connectivity index (χ0n) is 8.87. The minimum absolute atomic E-state index is 0.0479. The molecule has 0 aliphatic carbocycles. The van der Waals surface area contributed by atoms with E-state index in [1.54, 1.807) is 6.92 Å². The first-order valence-corrected chi connectivity index (χ1v) is 6.95. The Morgan fingerprint density at radius 3 is 2.88 bits per heavy atom. The quantitative estimate of drug-likeness (QED) is 0.829. The molecular formula is C9H10N2O4S2. The first-order chi connectivity index (χ1) is 7.88. The molecule has 1 aromatic rings. The van der Waals surface area contributed by atoms with Crippen molar-refractivity contribution in [1.29, 1.82) is 5.26 Å². The molecule has 0 radical (unpaired) electrons. The third-order valence-corrected chi connectivity index (χ3v) is 4.41. The van der Waals surface area contributed by atoms with E-state index in [-0.39, 0.29) is 16.3 Å². The summed E-state index contributed by atoms with van der Waals surface area (Å²) in [7, 11) is -3.87. The number of thiophene rings is 1. The lowest BCUT2D eigenvalue weighted by Crippen LogP contribution is -2.28. The van der Waals surface area contributed by atoms with Crippen molar-refractivity contribution < 1.29 is 18.3 Å². The average molecular weight is 274 g/mol. The highest BCUT2D eigenvalue weighted by Gasteiger charge is 2.23. The van der Waals surface area contributed by atoms with Crippen molar-refractivity contribution in [2.75, 3.05) is 6.54 Å². The van der Waals surface area contributed by atoms with Gasteiger partial charge in [0.1, 0.15) is 9.77 Å². The van der Waals surface area contributed by atoms with E-state index in [4.69, 9.17) is 10.4 Å². The smallest absolute Gasteiger partial charge is 0.347 e. The van der Waals surface area contributed by atoms with Crippen molar-refractivity contribution in [2.24, 2.45) is 5.92 Å². The fourth-order valence-electron chi connectivity index (χ4n) is 1.02. The van der Waals surface area contributed by atoms with Crippen LogP contribution in [0.25, 0.3) is 0 Å². The fourth-order valence-corrected chi connectivity index (χ4v) is 3.41. The Bertz CT molecular complexity index is 556. The van der Waals surface area contributed by atoms with Crippen molar-refractivity contribution in [3.05, 3.63) is 16.3 Å². The maximum Gasteiger partial charge on any atom is 0.347 e. The fraction of sp³-hybridized carbons (Fsp3) is 0.333. The van der Waals surface area contributed by atoms with Gasteiger partial charge < -0.3 is 5.11 Å². The molecule has 17 heavy (non-hydrogen) atoms. The molecule has 0 saturated carbocycles. The van der Waals surface area contributed by atoms with Gasteiger partial charge in [0.25, 0.3) is 0 Å². The number of nitrogens with one attached hydrogen (secondary N) is 1. The zero-order chi connectivity index (χ0) is 13.1. The van der Waals surface area contributed by atoms with Crippen LogP contribution in [0, 0.1) is 17.2 Å². The van der Waals surface area contributed by atoms with Gasteiger partial charge in [0.2, 0.25) is 10.0 Å². The van der Waals surface area contributed by atoms with Crippen LogP contribution in [0.4, 0.5) is 0 Å². The van der Waals surface area contributed by atoms with Gasteiger partial charge in [0.15, 0.2) is 0 Å². The molecule has 2 N–H and O–H groups in total. The molecule has 1 rings (SSSR count). The summed E-state index contributed by atoms with van der Waals surface area (Å²) < 4.78 is 25.7. The van der Waals surface area contributed by atoms with Crippen molar-refractivity contribution in [1.82, 2.24) is 4.72 Å². The predicted molar refractivity (Wildman–Crippen MR) is 61.2 cm³/mol. The van der Waals surface area contributed by atoms with Crippen molar-refractivity contribution >= 4 is 27.3 Å². The number of nitrogens with zero attached hydrogens (tertiary/aromatic N) is 1. The first-order valence-electron chi connectivity index (χ1n) is 4.58. The Morgan fingerprint density at radius 2 is 2.35 bits per heavy atom. The minimum atomic E-state index is -3.87. The Hall–Kier alpha value is -1.43. The molecule has 1 atom stereocenters. The number of sulfonamides is 1. The van der Waals surface area contributed by atoms with Crippen LogP contribution in [-0.2, 0) is 10.0 Å². The van der Waals surface area contributed by atoms with Crippen LogP contribution in [0.1, 0.15) is 16.6 Å². The Morgan fingerprint density at radius 1 is 1.71 bits per heavy atom. The Balaban J connectivity index is 2.95. The lowest BCUT2D eigenvalue weighted by atomic mass is 10.2. The zero-order valence-corrected chi connectivity index (χ0v) is 10.5. The molecule has 0 aromatic carbocycles. The number of aromatic carboxylic acids is 1. The highest BCUT2D eigenvalue weighted by atomic mass is 32.2. The summed E-state index contributed by atoms with van der Waals surface area (Å²) in [5.41, 5.74) is 0. The van der Waals surface area contributed by atoms with E-state index in [0.29, 0.717) is 0 Å². The van der Waals surface area contributed by atoms with E-state index < -0.39 is 21.9 Å². The number of hydrogen-bond acceptors (Lipinski definition) is 5. The van der Waals surface area contributed by atoms with Crippen LogP contribution < -0.4 is 4.72 Å². The van der Waals surface area contributed by atoms with Gasteiger partial charge in [-0.3, -0.25) is 0 Å². The average Bonchev–Trinajstić information content (AvgIpc) is 2.75. The van der Waals surface area contributed by atoms with Crippen molar-refractivity contribution in [3.8, 4) is 6.07 Å². The van der Waals surface area contributed by atoms with E-state index in [0.717, 1.165) is 11.3 Å². The van der Waals surface area contributed by atoms with Crippen LogP contribution in [0.5, 0.6) is 0 Å². The van der Waals surface area contributed by atoms with E-state index >= 15 is 0 Å². The third-order valence-electron chi connectivity index (χ3n) is 1.91. The highest BCUT2D eigenvalue weighted by molar-refractivity contribution is 7.89. The van der Waals surface area contributed by atoms with Gasteiger partial charge in [0, 0.05) is 6.54 Å². The van der Waals surface area contributed by atoms with Crippen LogP contribution >= 0.6 is 11.3 Å². The standard InChI is InChI=1S/C9H10N2O4S2/c1-6(4-10)5-11-17(14,15)7-2-3-16-8(7)9(12)13/h2-3,6,11H,5H2,1H3,(H,12,13). The predicted octanol–water partition coefficient (Wildman–Crippen LogP) is 0.884. The number of rotatable bonds is 5. The summed E-state index contributed by atoms with van der Waals surface area (Å²) in [6.07, 6.45) is 0. The van der Waals surface area contributed by atoms with Crippen LogP contribution in [0.2, 0.25) is 0 Å². The van der Waals surface area contributed by atoms with Gasteiger partial charge in [-0.25, -0.2) is 17.9 Å². The largest absolute Gasteiger partial charge is 0.477 e. The monoisotopic (exact) mass is 274 g/mol. The van der Waals surface area contributed by atoms with Crippen LogP contribution in [0.15, 0.2) is 16.3 Å². The molecule has 0 aliphatic rings. The normalized spacial score (nSPS) is 12.9. The number of carboxylic acid groups (broad SMARTS) is 1. The van der Waals surface area contributed by atoms with Crippen molar-refractivity contribution in [2.45, 2.75) is 11.8 Å². The lowest BCUT2D eigenvalue weighted by Gasteiger charge is -2.06. The summed E-state index contributed by atoms with van der Waals surface area (Å²) in [5, 5.41) is 18.7. The molecule has 92 valence electrons. The Labute approximate surface area is 103 Å². The molecule has 0 aliphatic heterocycles. The van der Waals surface area contributed by atoms with Crippen molar-refractivity contribution in [3.63, 3.8) is 0 Å². The highest BCUT2D eigenvalue weighted by Crippen LogP contribution is 2.21. The van der Waals surface area contributed by atoms with Gasteiger partial charge in [-0.2, -0.15) is 5.26 Å². The molecule has 0 spiro atoms. The molecule has 1 heterocycles. The molecule has 6 nitrogen and oxygen atoms in total. The second-order valence-electron chi connectivity index (χ2n) is 3.30. The number of nitriles is 1. The van der Waals surface area contributed by atoms with E-state index in [2.05, 4.69) is 4.72 Å².